The molecule has 40 heavy (non-hydrogen) atoms. The minimum atomic E-state index is -1.22. The number of amides is 2. The van der Waals surface area contributed by atoms with Crippen molar-refractivity contribution in [2.24, 2.45) is 0 Å². The topological polar surface area (TPSA) is 151 Å². The second-order valence-corrected chi connectivity index (χ2v) is 8.44. The van der Waals surface area contributed by atoms with E-state index in [1.54, 1.807) is 48.5 Å². The van der Waals surface area contributed by atoms with Crippen LogP contribution in [-0.2, 0) is 0 Å². The summed E-state index contributed by atoms with van der Waals surface area (Å²) in [5.74, 6) is -2.97. The third kappa shape index (κ3) is 5.76. The molecule has 0 atom stereocenters. The number of carbonyl (C=O) groups excluding carboxylic acids is 2. The number of nitrogens with one attached hydrogen (secondary N) is 2. The Labute approximate surface area is 228 Å². The van der Waals surface area contributed by atoms with E-state index in [0.29, 0.717) is 34.0 Å². The van der Waals surface area contributed by atoms with Gasteiger partial charge in [-0.1, -0.05) is 36.4 Å². The molecule has 0 fully saturated rings. The van der Waals surface area contributed by atoms with Crippen molar-refractivity contribution in [3.63, 3.8) is 0 Å². The fraction of sp³-hybridized carbons (Fsp3) is 0.0667. The highest BCUT2D eigenvalue weighted by atomic mass is 16.5. The van der Waals surface area contributed by atoms with Crippen LogP contribution in [0.4, 0.5) is 11.4 Å². The van der Waals surface area contributed by atoms with E-state index in [-0.39, 0.29) is 22.3 Å². The highest BCUT2D eigenvalue weighted by Gasteiger charge is 2.19. The highest BCUT2D eigenvalue weighted by molar-refractivity contribution is 6.12. The van der Waals surface area contributed by atoms with Gasteiger partial charge in [0.15, 0.2) is 0 Å². The van der Waals surface area contributed by atoms with Crippen LogP contribution < -0.4 is 20.1 Å². The van der Waals surface area contributed by atoms with E-state index in [0.717, 1.165) is 0 Å². The molecule has 0 radical (unpaired) electrons. The molecule has 0 unspecified atom stereocenters. The van der Waals surface area contributed by atoms with Gasteiger partial charge in [-0.05, 0) is 59.7 Å². The number of aromatic carboxylic acids is 2. The number of carboxylic acid groups (broad SMARTS) is 2. The van der Waals surface area contributed by atoms with Crippen LogP contribution in [-0.4, -0.2) is 48.2 Å². The molecular weight excluding hydrogens is 516 g/mol. The van der Waals surface area contributed by atoms with E-state index in [9.17, 15) is 29.4 Å². The van der Waals surface area contributed by atoms with Crippen molar-refractivity contribution in [1.29, 1.82) is 0 Å². The Kier molecular flexibility index (Phi) is 8.10. The van der Waals surface area contributed by atoms with Gasteiger partial charge in [0, 0.05) is 0 Å². The van der Waals surface area contributed by atoms with Crippen LogP contribution in [0.1, 0.15) is 41.4 Å². The summed E-state index contributed by atoms with van der Waals surface area (Å²) < 4.78 is 10.9. The SMILES string of the molecule is COc1cc(-c2ccc(NC(=O)c3ccccc3C(=O)O)c(OC)c2)ccc1NC(=O)c1ccccc1C(=O)O. The molecule has 0 aliphatic carbocycles. The van der Waals surface area contributed by atoms with Crippen molar-refractivity contribution in [3.05, 3.63) is 107 Å². The predicted octanol–water partition coefficient (Wildman–Crippen LogP) is 5.27. The zero-order valence-corrected chi connectivity index (χ0v) is 21.4. The lowest BCUT2D eigenvalue weighted by Crippen LogP contribution is -2.17. The Balaban J connectivity index is 1.59. The molecule has 0 aromatic heterocycles. The maximum atomic E-state index is 12.8. The van der Waals surface area contributed by atoms with Crippen LogP contribution in [0, 0.1) is 0 Å². The molecule has 4 rings (SSSR count). The Bertz CT molecular complexity index is 1510. The van der Waals surface area contributed by atoms with Crippen LogP contribution in [0.5, 0.6) is 11.5 Å². The van der Waals surface area contributed by atoms with Gasteiger partial charge in [0.25, 0.3) is 11.8 Å². The van der Waals surface area contributed by atoms with Crippen molar-refractivity contribution in [2.75, 3.05) is 24.9 Å². The van der Waals surface area contributed by atoms with E-state index in [4.69, 9.17) is 9.47 Å². The molecule has 0 saturated heterocycles. The second kappa shape index (κ2) is 11.8. The summed E-state index contributed by atoms with van der Waals surface area (Å²) in [5.41, 5.74) is 1.85. The number of hydrogen-bond donors (Lipinski definition) is 4. The Hall–Kier alpha value is -5.64. The second-order valence-electron chi connectivity index (χ2n) is 8.44. The first-order valence-electron chi connectivity index (χ1n) is 11.9. The van der Waals surface area contributed by atoms with Gasteiger partial charge < -0.3 is 30.3 Å². The number of anilines is 2. The van der Waals surface area contributed by atoms with Crippen LogP contribution >= 0.6 is 0 Å². The molecule has 0 heterocycles. The van der Waals surface area contributed by atoms with Crippen LogP contribution in [0.15, 0.2) is 84.9 Å². The van der Waals surface area contributed by atoms with Crippen molar-refractivity contribution < 1.29 is 38.9 Å². The number of carbonyl (C=O) groups is 4. The summed E-state index contributed by atoms with van der Waals surface area (Å²) in [7, 11) is 2.88. The van der Waals surface area contributed by atoms with E-state index in [2.05, 4.69) is 10.6 Å². The summed E-state index contributed by atoms with van der Waals surface area (Å²) in [6, 6.07) is 21.9. The van der Waals surface area contributed by atoms with Crippen LogP contribution in [0.2, 0.25) is 0 Å². The summed E-state index contributed by atoms with van der Waals surface area (Å²) in [5, 5.41) is 24.2. The van der Waals surface area contributed by atoms with E-state index < -0.39 is 23.8 Å². The van der Waals surface area contributed by atoms with E-state index in [1.165, 1.54) is 50.6 Å². The largest absolute Gasteiger partial charge is 0.495 e. The zero-order chi connectivity index (χ0) is 28.8. The first kappa shape index (κ1) is 27.4. The van der Waals surface area contributed by atoms with Gasteiger partial charge in [0.2, 0.25) is 0 Å². The van der Waals surface area contributed by atoms with Gasteiger partial charge in [-0.25, -0.2) is 9.59 Å². The molecule has 2 amide bonds. The monoisotopic (exact) mass is 540 g/mol. The molecule has 0 aliphatic heterocycles. The molecule has 0 aliphatic rings. The average Bonchev–Trinajstić information content (AvgIpc) is 2.97. The number of ether oxygens (including phenoxy) is 2. The lowest BCUT2D eigenvalue weighted by atomic mass is 10.0. The smallest absolute Gasteiger partial charge is 0.336 e. The molecule has 4 aromatic carbocycles. The van der Waals surface area contributed by atoms with Crippen LogP contribution in [0.25, 0.3) is 11.1 Å². The number of hydrogen-bond acceptors (Lipinski definition) is 6. The average molecular weight is 541 g/mol. The minimum Gasteiger partial charge on any atom is -0.495 e. The summed E-state index contributed by atoms with van der Waals surface area (Å²) in [6.45, 7) is 0. The summed E-state index contributed by atoms with van der Waals surface area (Å²) in [4.78, 5) is 48.6. The minimum absolute atomic E-state index is 0.00878. The molecular formula is C30H24N2O8. The molecule has 0 spiro atoms. The van der Waals surface area contributed by atoms with Gasteiger partial charge in [0.05, 0.1) is 47.8 Å². The van der Waals surface area contributed by atoms with E-state index >= 15 is 0 Å². The highest BCUT2D eigenvalue weighted by Crippen LogP contribution is 2.35. The quantitative estimate of drug-likeness (QED) is 0.224. The molecule has 0 saturated carbocycles. The predicted molar refractivity (Wildman–Crippen MR) is 148 cm³/mol. The number of rotatable bonds is 9. The molecule has 4 aromatic rings. The molecule has 10 nitrogen and oxygen atoms in total. The zero-order valence-electron chi connectivity index (χ0n) is 21.4. The fourth-order valence-corrected chi connectivity index (χ4v) is 4.06. The van der Waals surface area contributed by atoms with Gasteiger partial charge in [-0.15, -0.1) is 0 Å². The molecule has 202 valence electrons. The lowest BCUT2D eigenvalue weighted by molar-refractivity contribution is 0.0683. The number of methoxy groups -OCH3 is 2. The Morgan fingerprint density at radius 2 is 0.900 bits per heavy atom. The summed E-state index contributed by atoms with van der Waals surface area (Å²) in [6.07, 6.45) is 0. The van der Waals surface area contributed by atoms with Gasteiger partial charge in [-0.3, -0.25) is 9.59 Å². The van der Waals surface area contributed by atoms with Crippen molar-refractivity contribution in [2.45, 2.75) is 0 Å². The lowest BCUT2D eigenvalue weighted by Gasteiger charge is -2.15. The normalized spacial score (nSPS) is 10.3. The standard InChI is InChI=1S/C30H24N2O8/c1-39-25-15-17(11-13-23(25)31-27(33)19-7-3-5-9-21(19)29(35)36)18-12-14-24(26(16-18)40-2)32-28(34)20-8-4-6-10-22(20)30(37)38/h3-16H,1-2H3,(H,31,33)(H,32,34)(H,35,36)(H,37,38). The van der Waals surface area contributed by atoms with Crippen molar-refractivity contribution >= 4 is 35.1 Å². The molecule has 4 N–H and O–H groups in total. The summed E-state index contributed by atoms with van der Waals surface area (Å²) >= 11 is 0. The number of carboxylic acids is 2. The maximum absolute atomic E-state index is 12.8. The van der Waals surface area contributed by atoms with E-state index in [1.807, 2.05) is 0 Å². The third-order valence-corrected chi connectivity index (χ3v) is 6.04. The number of benzene rings is 4. The third-order valence-electron chi connectivity index (χ3n) is 6.04. The van der Waals surface area contributed by atoms with Crippen molar-refractivity contribution in [3.8, 4) is 22.6 Å². The fourth-order valence-electron chi connectivity index (χ4n) is 4.06. The van der Waals surface area contributed by atoms with Crippen molar-refractivity contribution in [1.82, 2.24) is 0 Å². The van der Waals surface area contributed by atoms with Gasteiger partial charge >= 0.3 is 11.9 Å². The maximum Gasteiger partial charge on any atom is 0.336 e. The first-order chi connectivity index (χ1) is 19.2. The Morgan fingerprint density at radius 1 is 0.550 bits per heavy atom. The van der Waals surface area contributed by atoms with Gasteiger partial charge in [0.1, 0.15) is 11.5 Å². The molecule has 10 heteroatoms. The Morgan fingerprint density at radius 3 is 1.23 bits per heavy atom. The molecule has 0 bridgehead atoms. The van der Waals surface area contributed by atoms with Gasteiger partial charge in [-0.2, -0.15) is 0 Å². The van der Waals surface area contributed by atoms with Crippen LogP contribution in [0.3, 0.4) is 0 Å². The first-order valence-corrected chi connectivity index (χ1v) is 11.9.